The highest BCUT2D eigenvalue weighted by Gasteiger charge is 2.24. The van der Waals surface area contributed by atoms with Crippen molar-refractivity contribution in [2.75, 3.05) is 24.5 Å². The van der Waals surface area contributed by atoms with E-state index < -0.39 is 11.9 Å². The van der Waals surface area contributed by atoms with Gasteiger partial charge in [0, 0.05) is 25.3 Å². The molecule has 1 fully saturated rings. The average molecular weight is 248 g/mol. The van der Waals surface area contributed by atoms with Gasteiger partial charge in [-0.15, -0.1) is 0 Å². The highest BCUT2D eigenvalue weighted by atomic mass is 16.4. The van der Waals surface area contributed by atoms with Gasteiger partial charge >= 0.3 is 5.97 Å². The number of carbonyl (C=O) groups is 1. The van der Waals surface area contributed by atoms with Crippen LogP contribution in [0, 0.1) is 6.92 Å². The molecule has 1 aliphatic rings. The topological polar surface area (TPSA) is 66.6 Å². The van der Waals surface area contributed by atoms with Crippen molar-refractivity contribution in [1.29, 1.82) is 0 Å². The van der Waals surface area contributed by atoms with E-state index in [1.807, 2.05) is 25.1 Å². The lowest BCUT2D eigenvalue weighted by molar-refractivity contribution is -0.138. The summed E-state index contributed by atoms with van der Waals surface area (Å²) in [7, 11) is 0. The molecule has 0 spiro atoms. The zero-order valence-corrected chi connectivity index (χ0v) is 10.7. The van der Waals surface area contributed by atoms with Gasteiger partial charge in [-0.25, -0.2) is 0 Å². The molecule has 1 aromatic carbocycles. The van der Waals surface area contributed by atoms with E-state index in [0.29, 0.717) is 0 Å². The van der Waals surface area contributed by atoms with Gasteiger partial charge in [-0.1, -0.05) is 17.7 Å². The molecule has 18 heavy (non-hydrogen) atoms. The Kier molecular flexibility index (Phi) is 3.87. The number of carboxylic acid groups (broad SMARTS) is 1. The van der Waals surface area contributed by atoms with Gasteiger partial charge in [-0.3, -0.25) is 4.79 Å². The van der Waals surface area contributed by atoms with Gasteiger partial charge in [0.25, 0.3) is 0 Å². The van der Waals surface area contributed by atoms with Gasteiger partial charge in [0.05, 0.1) is 5.92 Å². The van der Waals surface area contributed by atoms with Crippen molar-refractivity contribution in [2.24, 2.45) is 5.73 Å². The number of carboxylic acids is 1. The maximum Gasteiger partial charge on any atom is 0.312 e. The molecule has 1 unspecified atom stereocenters. The summed E-state index contributed by atoms with van der Waals surface area (Å²) in [4.78, 5) is 13.6. The largest absolute Gasteiger partial charge is 0.481 e. The summed E-state index contributed by atoms with van der Waals surface area (Å²) in [5.41, 5.74) is 8.59. The fraction of sp³-hybridized carbons (Fsp3) is 0.500. The average Bonchev–Trinajstić information content (AvgIpc) is 2.83. The Labute approximate surface area is 107 Å². The Balaban J connectivity index is 2.42. The number of nitrogens with zero attached hydrogens (tertiary/aromatic N) is 1. The minimum Gasteiger partial charge on any atom is -0.481 e. The summed E-state index contributed by atoms with van der Waals surface area (Å²) < 4.78 is 0. The zero-order valence-electron chi connectivity index (χ0n) is 10.7. The summed E-state index contributed by atoms with van der Waals surface area (Å²) in [6.07, 6.45) is 2.35. The Morgan fingerprint density at radius 2 is 2.11 bits per heavy atom. The molecule has 0 bridgehead atoms. The highest BCUT2D eigenvalue weighted by Crippen LogP contribution is 2.31. The predicted octanol–water partition coefficient (Wildman–Crippen LogP) is 1.72. The van der Waals surface area contributed by atoms with Crippen molar-refractivity contribution in [3.05, 3.63) is 29.3 Å². The third-order valence-electron chi connectivity index (χ3n) is 3.54. The molecule has 4 nitrogen and oxygen atoms in total. The Morgan fingerprint density at radius 3 is 2.67 bits per heavy atom. The number of benzene rings is 1. The molecule has 1 aromatic rings. The van der Waals surface area contributed by atoms with E-state index in [1.54, 1.807) is 0 Å². The Bertz CT molecular complexity index is 439. The molecule has 1 saturated heterocycles. The molecule has 0 amide bonds. The molecule has 0 aromatic heterocycles. The molecular weight excluding hydrogens is 228 g/mol. The van der Waals surface area contributed by atoms with Crippen LogP contribution in [0.15, 0.2) is 18.2 Å². The van der Waals surface area contributed by atoms with E-state index in [2.05, 4.69) is 4.90 Å². The van der Waals surface area contributed by atoms with E-state index in [-0.39, 0.29) is 6.54 Å². The fourth-order valence-electron chi connectivity index (χ4n) is 2.56. The van der Waals surface area contributed by atoms with Crippen LogP contribution in [-0.4, -0.2) is 30.7 Å². The number of anilines is 1. The molecule has 0 aliphatic carbocycles. The third kappa shape index (κ3) is 2.48. The van der Waals surface area contributed by atoms with Crippen LogP contribution in [0.2, 0.25) is 0 Å². The van der Waals surface area contributed by atoms with E-state index in [1.165, 1.54) is 12.8 Å². The minimum atomic E-state index is -0.844. The Hall–Kier alpha value is -1.55. The van der Waals surface area contributed by atoms with Gasteiger partial charge < -0.3 is 15.7 Å². The molecule has 1 aliphatic heterocycles. The second-order valence-corrected chi connectivity index (χ2v) is 4.88. The predicted molar refractivity (Wildman–Crippen MR) is 72.1 cm³/mol. The number of aliphatic carboxylic acids is 1. The van der Waals surface area contributed by atoms with Crippen molar-refractivity contribution in [3.8, 4) is 0 Å². The molecular formula is C14H20N2O2. The molecule has 1 atom stereocenters. The number of aryl methyl sites for hydroxylation is 1. The minimum absolute atomic E-state index is 0.139. The standard InChI is InChI=1S/C14H20N2O2/c1-10-4-5-13(16-6-2-3-7-16)11(8-10)12(9-15)14(17)18/h4-5,8,12H,2-3,6-7,9,15H2,1H3,(H,17,18). The van der Waals surface area contributed by atoms with Gasteiger partial charge in [0.2, 0.25) is 0 Å². The van der Waals surface area contributed by atoms with Crippen LogP contribution in [0.25, 0.3) is 0 Å². The molecule has 98 valence electrons. The van der Waals surface area contributed by atoms with Crippen LogP contribution in [0.5, 0.6) is 0 Å². The monoisotopic (exact) mass is 248 g/mol. The lowest BCUT2D eigenvalue weighted by Gasteiger charge is -2.24. The SMILES string of the molecule is Cc1ccc(N2CCCC2)c(C(CN)C(=O)O)c1. The zero-order chi connectivity index (χ0) is 13.1. The molecule has 2 rings (SSSR count). The van der Waals surface area contributed by atoms with Gasteiger partial charge in [0.1, 0.15) is 0 Å². The summed E-state index contributed by atoms with van der Waals surface area (Å²) in [5.74, 6) is -1.45. The quantitative estimate of drug-likeness (QED) is 0.851. The number of nitrogens with two attached hydrogens (primary N) is 1. The van der Waals surface area contributed by atoms with Crippen molar-refractivity contribution in [2.45, 2.75) is 25.7 Å². The van der Waals surface area contributed by atoms with Crippen LogP contribution >= 0.6 is 0 Å². The summed E-state index contributed by atoms with van der Waals surface area (Å²) in [6.45, 7) is 4.13. The van der Waals surface area contributed by atoms with Crippen LogP contribution in [0.1, 0.15) is 29.9 Å². The van der Waals surface area contributed by atoms with E-state index >= 15 is 0 Å². The van der Waals surface area contributed by atoms with Crippen molar-refractivity contribution in [3.63, 3.8) is 0 Å². The number of hydrogen-bond donors (Lipinski definition) is 2. The molecule has 4 heteroatoms. The number of hydrogen-bond acceptors (Lipinski definition) is 3. The summed E-state index contributed by atoms with van der Waals surface area (Å²) >= 11 is 0. The van der Waals surface area contributed by atoms with Gasteiger partial charge in [-0.2, -0.15) is 0 Å². The van der Waals surface area contributed by atoms with Gasteiger partial charge in [0.15, 0.2) is 0 Å². The maximum absolute atomic E-state index is 11.3. The van der Waals surface area contributed by atoms with Crippen molar-refractivity contribution >= 4 is 11.7 Å². The normalized spacial score (nSPS) is 16.9. The summed E-state index contributed by atoms with van der Waals surface area (Å²) in [6, 6.07) is 6.02. The van der Waals surface area contributed by atoms with Crippen LogP contribution in [-0.2, 0) is 4.79 Å². The first-order chi connectivity index (χ1) is 8.63. The first kappa shape index (κ1) is 12.9. The maximum atomic E-state index is 11.3. The van der Waals surface area contributed by atoms with Crippen molar-refractivity contribution < 1.29 is 9.90 Å². The van der Waals surface area contributed by atoms with E-state index in [9.17, 15) is 9.90 Å². The lowest BCUT2D eigenvalue weighted by Crippen LogP contribution is -2.26. The molecule has 1 heterocycles. The van der Waals surface area contributed by atoms with Gasteiger partial charge in [-0.05, 0) is 31.4 Å². The van der Waals surface area contributed by atoms with Crippen molar-refractivity contribution in [1.82, 2.24) is 0 Å². The van der Waals surface area contributed by atoms with Crippen LogP contribution < -0.4 is 10.6 Å². The lowest BCUT2D eigenvalue weighted by atomic mass is 9.95. The number of rotatable bonds is 4. The first-order valence-corrected chi connectivity index (χ1v) is 6.42. The smallest absolute Gasteiger partial charge is 0.312 e. The van der Waals surface area contributed by atoms with Crippen LogP contribution in [0.4, 0.5) is 5.69 Å². The highest BCUT2D eigenvalue weighted by molar-refractivity contribution is 5.79. The summed E-state index contributed by atoms with van der Waals surface area (Å²) in [5, 5.41) is 9.29. The van der Waals surface area contributed by atoms with E-state index in [4.69, 9.17) is 5.73 Å². The molecule has 0 radical (unpaired) electrons. The third-order valence-corrected chi connectivity index (χ3v) is 3.54. The second kappa shape index (κ2) is 5.40. The molecule has 3 N–H and O–H groups in total. The molecule has 0 saturated carbocycles. The fourth-order valence-corrected chi connectivity index (χ4v) is 2.56. The van der Waals surface area contributed by atoms with Crippen LogP contribution in [0.3, 0.4) is 0 Å². The Morgan fingerprint density at radius 1 is 1.44 bits per heavy atom. The second-order valence-electron chi connectivity index (χ2n) is 4.88. The first-order valence-electron chi connectivity index (χ1n) is 6.42. The van der Waals surface area contributed by atoms with E-state index in [0.717, 1.165) is 29.9 Å².